The molecule has 1 rings (SSSR count). The van der Waals surface area contributed by atoms with Crippen molar-refractivity contribution in [1.29, 1.82) is 0 Å². The summed E-state index contributed by atoms with van der Waals surface area (Å²) >= 11 is 1.81. The number of rotatable bonds is 3. The van der Waals surface area contributed by atoms with Crippen LogP contribution in [-0.2, 0) is 21.1 Å². The molecule has 0 bridgehead atoms. The number of hydrogen-bond donors (Lipinski definition) is 0. The molecule has 0 aliphatic carbocycles. The quantitative estimate of drug-likeness (QED) is 0.577. The van der Waals surface area contributed by atoms with Crippen LogP contribution in [0.25, 0.3) is 0 Å². The first kappa shape index (κ1) is 16.3. The van der Waals surface area contributed by atoms with Crippen LogP contribution in [0.1, 0.15) is 31.9 Å². The van der Waals surface area contributed by atoms with Gasteiger partial charge in [0.2, 0.25) is 0 Å². The lowest BCUT2D eigenvalue weighted by molar-refractivity contribution is -0.150. The normalized spacial score (nSPS) is 12.4. The van der Waals surface area contributed by atoms with E-state index in [4.69, 9.17) is 4.74 Å². The number of halogens is 4. The van der Waals surface area contributed by atoms with Gasteiger partial charge < -0.3 is 4.74 Å². The largest absolute Gasteiger partial charge is 0.465 e. The molecule has 19 heavy (non-hydrogen) atoms. The second-order valence-corrected chi connectivity index (χ2v) is 5.78. The van der Waals surface area contributed by atoms with Gasteiger partial charge in [-0.05, 0) is 61.1 Å². The Bertz CT molecular complexity index is 481. The molecule has 0 radical (unpaired) electrons. The molecule has 1 aromatic rings. The minimum atomic E-state index is -4.50. The Labute approximate surface area is 123 Å². The Balaban J connectivity index is 3.38. The van der Waals surface area contributed by atoms with Crippen molar-refractivity contribution in [3.8, 4) is 0 Å². The van der Waals surface area contributed by atoms with Crippen molar-refractivity contribution in [2.45, 2.75) is 32.4 Å². The van der Waals surface area contributed by atoms with Crippen LogP contribution in [0, 0.1) is 3.57 Å². The summed E-state index contributed by atoms with van der Waals surface area (Å²) in [7, 11) is 0. The summed E-state index contributed by atoms with van der Waals surface area (Å²) in [6.45, 7) is 4.62. The SMILES string of the molecule is CCOC(=O)C(C)(C)c1ccc(I)cc1C(F)(F)F. The van der Waals surface area contributed by atoms with Gasteiger partial charge in [-0.25, -0.2) is 0 Å². The van der Waals surface area contributed by atoms with Gasteiger partial charge in [-0.3, -0.25) is 4.79 Å². The standard InChI is InChI=1S/C13H14F3IO2/c1-4-19-11(18)12(2,3)9-6-5-8(17)7-10(9)13(14,15)16/h5-7H,4H2,1-3H3. The van der Waals surface area contributed by atoms with E-state index in [1.54, 1.807) is 13.0 Å². The van der Waals surface area contributed by atoms with Crippen molar-refractivity contribution in [3.63, 3.8) is 0 Å². The molecule has 0 spiro atoms. The molecule has 106 valence electrons. The fourth-order valence-electron chi connectivity index (χ4n) is 1.72. The fourth-order valence-corrected chi connectivity index (χ4v) is 2.21. The van der Waals surface area contributed by atoms with Crippen LogP contribution in [0.3, 0.4) is 0 Å². The highest BCUT2D eigenvalue weighted by Crippen LogP contribution is 2.38. The third-order valence-electron chi connectivity index (χ3n) is 2.75. The van der Waals surface area contributed by atoms with Gasteiger partial charge in [0.05, 0.1) is 17.6 Å². The maximum absolute atomic E-state index is 13.1. The lowest BCUT2D eigenvalue weighted by atomic mass is 9.81. The van der Waals surface area contributed by atoms with Crippen molar-refractivity contribution in [1.82, 2.24) is 0 Å². The summed E-state index contributed by atoms with van der Waals surface area (Å²) in [6.07, 6.45) is -4.50. The summed E-state index contributed by atoms with van der Waals surface area (Å²) in [4.78, 5) is 11.8. The molecule has 0 aliphatic heterocycles. The number of esters is 1. The molecule has 0 fully saturated rings. The van der Waals surface area contributed by atoms with Gasteiger partial charge in [0.15, 0.2) is 0 Å². The highest BCUT2D eigenvalue weighted by Gasteiger charge is 2.41. The Morgan fingerprint density at radius 3 is 2.32 bits per heavy atom. The molecular weight excluding hydrogens is 372 g/mol. The van der Waals surface area contributed by atoms with Crippen LogP contribution in [-0.4, -0.2) is 12.6 Å². The summed E-state index contributed by atoms with van der Waals surface area (Å²) < 4.78 is 44.5. The van der Waals surface area contributed by atoms with Crippen LogP contribution in [0.4, 0.5) is 13.2 Å². The van der Waals surface area contributed by atoms with Crippen LogP contribution >= 0.6 is 22.6 Å². The number of benzene rings is 1. The zero-order chi connectivity index (χ0) is 14.8. The molecule has 0 N–H and O–H groups in total. The number of carbonyl (C=O) groups is 1. The monoisotopic (exact) mass is 386 g/mol. The molecule has 1 aromatic carbocycles. The van der Waals surface area contributed by atoms with Crippen molar-refractivity contribution >= 4 is 28.6 Å². The second kappa shape index (κ2) is 5.68. The average molecular weight is 386 g/mol. The Kier molecular flexibility index (Phi) is 4.86. The van der Waals surface area contributed by atoms with Crippen molar-refractivity contribution in [2.24, 2.45) is 0 Å². The van der Waals surface area contributed by atoms with Gasteiger partial charge in [0, 0.05) is 3.57 Å². The van der Waals surface area contributed by atoms with Gasteiger partial charge in [-0.15, -0.1) is 0 Å². The number of ether oxygens (including phenoxy) is 1. The predicted molar refractivity (Wildman–Crippen MR) is 73.8 cm³/mol. The van der Waals surface area contributed by atoms with Crippen LogP contribution < -0.4 is 0 Å². The maximum Gasteiger partial charge on any atom is 0.416 e. The van der Waals surface area contributed by atoms with Gasteiger partial charge in [-0.2, -0.15) is 13.2 Å². The van der Waals surface area contributed by atoms with E-state index in [-0.39, 0.29) is 12.2 Å². The first-order valence-electron chi connectivity index (χ1n) is 5.65. The minimum absolute atomic E-state index is 0.0705. The molecule has 6 heteroatoms. The molecule has 2 nitrogen and oxygen atoms in total. The maximum atomic E-state index is 13.1. The molecule has 0 aliphatic rings. The molecule has 0 saturated carbocycles. The first-order chi connectivity index (χ1) is 8.60. The van der Waals surface area contributed by atoms with Gasteiger partial charge in [-0.1, -0.05) is 6.07 Å². The Hall–Kier alpha value is -0.790. The summed E-state index contributed by atoms with van der Waals surface area (Å²) in [5.41, 5.74) is -2.21. The Morgan fingerprint density at radius 1 is 1.26 bits per heavy atom. The predicted octanol–water partition coefficient (Wildman–Crippen LogP) is 4.15. The third-order valence-corrected chi connectivity index (χ3v) is 3.42. The van der Waals surface area contributed by atoms with Crippen LogP contribution in [0.5, 0.6) is 0 Å². The lowest BCUT2D eigenvalue weighted by Crippen LogP contribution is -2.33. The van der Waals surface area contributed by atoms with Gasteiger partial charge in [0.25, 0.3) is 0 Å². The van der Waals surface area contributed by atoms with E-state index in [9.17, 15) is 18.0 Å². The van der Waals surface area contributed by atoms with E-state index in [1.165, 1.54) is 19.9 Å². The number of carbonyl (C=O) groups excluding carboxylic acids is 1. The molecule has 0 heterocycles. The van der Waals surface area contributed by atoms with E-state index in [1.807, 2.05) is 22.6 Å². The first-order valence-corrected chi connectivity index (χ1v) is 6.73. The fraction of sp³-hybridized carbons (Fsp3) is 0.462. The van der Waals surface area contributed by atoms with Crippen molar-refractivity contribution in [3.05, 3.63) is 32.9 Å². The van der Waals surface area contributed by atoms with Crippen LogP contribution in [0.2, 0.25) is 0 Å². The van der Waals surface area contributed by atoms with E-state index in [0.29, 0.717) is 3.57 Å². The molecule has 0 aromatic heterocycles. The van der Waals surface area contributed by atoms with E-state index >= 15 is 0 Å². The molecule has 0 unspecified atom stereocenters. The molecule has 0 saturated heterocycles. The highest BCUT2D eigenvalue weighted by atomic mass is 127. The van der Waals surface area contributed by atoms with E-state index in [2.05, 4.69) is 0 Å². The third kappa shape index (κ3) is 3.61. The molecular formula is C13H14F3IO2. The zero-order valence-corrected chi connectivity index (χ0v) is 12.9. The number of alkyl halides is 3. The van der Waals surface area contributed by atoms with Crippen molar-refractivity contribution < 1.29 is 22.7 Å². The minimum Gasteiger partial charge on any atom is -0.465 e. The lowest BCUT2D eigenvalue weighted by Gasteiger charge is -2.26. The molecule has 0 atom stereocenters. The highest BCUT2D eigenvalue weighted by molar-refractivity contribution is 14.1. The van der Waals surface area contributed by atoms with Gasteiger partial charge in [0.1, 0.15) is 0 Å². The van der Waals surface area contributed by atoms with Gasteiger partial charge >= 0.3 is 12.1 Å². The van der Waals surface area contributed by atoms with Crippen LogP contribution in [0.15, 0.2) is 18.2 Å². The zero-order valence-electron chi connectivity index (χ0n) is 10.8. The summed E-state index contributed by atoms with van der Waals surface area (Å²) in [5, 5.41) is 0. The smallest absolute Gasteiger partial charge is 0.416 e. The summed E-state index contributed by atoms with van der Waals surface area (Å²) in [5.74, 6) is -0.665. The van der Waals surface area contributed by atoms with E-state index < -0.39 is 23.1 Å². The van der Waals surface area contributed by atoms with Crippen molar-refractivity contribution in [2.75, 3.05) is 6.61 Å². The topological polar surface area (TPSA) is 26.3 Å². The van der Waals surface area contributed by atoms with E-state index in [0.717, 1.165) is 6.07 Å². The number of hydrogen-bond acceptors (Lipinski definition) is 2. The average Bonchev–Trinajstić information content (AvgIpc) is 2.27. The Morgan fingerprint density at radius 2 is 1.84 bits per heavy atom. The molecule has 0 amide bonds. The second-order valence-electron chi connectivity index (χ2n) is 4.53. The summed E-state index contributed by atoms with van der Waals surface area (Å²) in [6, 6.07) is 3.92.